The minimum Gasteiger partial charge on any atom is -0.381 e. The second-order valence-electron chi connectivity index (χ2n) is 4.66. The maximum Gasteiger partial charge on any atom is 0.0599 e. The molecule has 1 radical (unpaired) electrons. The van der Waals surface area contributed by atoms with Gasteiger partial charge in [-0.25, -0.2) is 0 Å². The van der Waals surface area contributed by atoms with Gasteiger partial charge in [-0.1, -0.05) is 46.0 Å². The quantitative estimate of drug-likeness (QED) is 0.474. The Labute approximate surface area is 108 Å². The number of methoxy groups -OCH3 is 1. The van der Waals surface area contributed by atoms with Crippen molar-refractivity contribution in [3.63, 3.8) is 0 Å². The molecule has 103 valence electrons. The van der Waals surface area contributed by atoms with E-state index in [1.165, 1.54) is 32.1 Å². The van der Waals surface area contributed by atoms with E-state index in [9.17, 15) is 0 Å². The lowest BCUT2D eigenvalue weighted by Crippen LogP contribution is -2.22. The molecule has 0 aliphatic rings. The van der Waals surface area contributed by atoms with E-state index >= 15 is 0 Å². The molecule has 0 N–H and O–H groups in total. The van der Waals surface area contributed by atoms with Crippen molar-refractivity contribution in [1.29, 1.82) is 0 Å². The van der Waals surface area contributed by atoms with Crippen LogP contribution < -0.4 is 0 Å². The lowest BCUT2D eigenvalue weighted by atomic mass is 10.0. The van der Waals surface area contributed by atoms with Gasteiger partial charge in [-0.2, -0.15) is 0 Å². The van der Waals surface area contributed by atoms with Gasteiger partial charge in [-0.3, -0.25) is 0 Å². The minimum absolute atomic E-state index is 0.252. The fraction of sp³-hybridized carbons (Fsp3) is 0.933. The van der Waals surface area contributed by atoms with Crippen LogP contribution in [0.25, 0.3) is 0 Å². The van der Waals surface area contributed by atoms with Crippen LogP contribution in [0.3, 0.4) is 0 Å². The van der Waals surface area contributed by atoms with E-state index in [1.807, 2.05) is 0 Å². The Hall–Kier alpha value is -0.0800. The van der Waals surface area contributed by atoms with Gasteiger partial charge in [0.2, 0.25) is 0 Å². The smallest absolute Gasteiger partial charge is 0.0599 e. The molecule has 17 heavy (non-hydrogen) atoms. The Balaban J connectivity index is 3.73. The highest BCUT2D eigenvalue weighted by Gasteiger charge is 2.14. The molecule has 2 nitrogen and oxygen atoms in total. The van der Waals surface area contributed by atoms with Crippen molar-refractivity contribution in [2.45, 2.75) is 77.4 Å². The second-order valence-corrected chi connectivity index (χ2v) is 4.66. The maximum absolute atomic E-state index is 5.77. The summed E-state index contributed by atoms with van der Waals surface area (Å²) in [5.74, 6) is 0. The van der Waals surface area contributed by atoms with Gasteiger partial charge in [0, 0.05) is 13.7 Å². The van der Waals surface area contributed by atoms with Crippen molar-refractivity contribution in [2.75, 3.05) is 13.7 Å². The normalized spacial score (nSPS) is 14.8. The molecule has 0 bridgehead atoms. The monoisotopic (exact) mass is 243 g/mol. The molecular formula is C15H31O2. The van der Waals surface area contributed by atoms with Crippen LogP contribution in [0.4, 0.5) is 0 Å². The molecule has 0 aromatic carbocycles. The molecule has 0 spiro atoms. The van der Waals surface area contributed by atoms with E-state index in [-0.39, 0.29) is 6.10 Å². The first-order valence-corrected chi connectivity index (χ1v) is 7.22. The highest BCUT2D eigenvalue weighted by atomic mass is 16.5. The molecule has 0 aliphatic carbocycles. The molecule has 0 fully saturated rings. The van der Waals surface area contributed by atoms with Crippen LogP contribution in [0.15, 0.2) is 0 Å². The molecule has 0 aromatic heterocycles. The Morgan fingerprint density at radius 1 is 1.00 bits per heavy atom. The number of hydrogen-bond acceptors (Lipinski definition) is 2. The van der Waals surface area contributed by atoms with Crippen LogP contribution in [0.5, 0.6) is 0 Å². The molecule has 2 heteroatoms. The Morgan fingerprint density at radius 2 is 1.71 bits per heavy atom. The van der Waals surface area contributed by atoms with Crippen molar-refractivity contribution in [2.24, 2.45) is 0 Å². The first-order valence-electron chi connectivity index (χ1n) is 7.22. The zero-order chi connectivity index (χ0) is 12.9. The molecule has 2 atom stereocenters. The summed E-state index contributed by atoms with van der Waals surface area (Å²) in [6.07, 6.45) is 10.2. The fourth-order valence-electron chi connectivity index (χ4n) is 2.11. The minimum atomic E-state index is 0.252. The topological polar surface area (TPSA) is 18.5 Å². The molecular weight excluding hydrogens is 212 g/mol. The standard InChI is InChI=1S/C15H31O2/c1-5-8-9-10-11-12-15(17-7-3)13-14(6-2)16-4/h14-15H,2,5-13H2,1,3-4H3. The van der Waals surface area contributed by atoms with E-state index in [2.05, 4.69) is 20.8 Å². The van der Waals surface area contributed by atoms with Gasteiger partial charge in [0.05, 0.1) is 12.2 Å². The highest BCUT2D eigenvalue weighted by Crippen LogP contribution is 2.16. The van der Waals surface area contributed by atoms with E-state index in [4.69, 9.17) is 9.47 Å². The second kappa shape index (κ2) is 12.4. The average Bonchev–Trinajstić information content (AvgIpc) is 2.35. The highest BCUT2D eigenvalue weighted by molar-refractivity contribution is 4.67. The molecule has 0 aliphatic heterocycles. The predicted molar refractivity (Wildman–Crippen MR) is 74.2 cm³/mol. The van der Waals surface area contributed by atoms with Gasteiger partial charge < -0.3 is 9.47 Å². The van der Waals surface area contributed by atoms with Crippen LogP contribution in [0.2, 0.25) is 0 Å². The summed E-state index contributed by atoms with van der Waals surface area (Å²) in [5.41, 5.74) is 0. The van der Waals surface area contributed by atoms with Gasteiger partial charge >= 0.3 is 0 Å². The lowest BCUT2D eigenvalue weighted by Gasteiger charge is -2.21. The molecule has 2 unspecified atom stereocenters. The van der Waals surface area contributed by atoms with Crippen molar-refractivity contribution >= 4 is 0 Å². The number of rotatable bonds is 12. The van der Waals surface area contributed by atoms with Crippen molar-refractivity contribution in [1.82, 2.24) is 0 Å². The summed E-state index contributed by atoms with van der Waals surface area (Å²) >= 11 is 0. The van der Waals surface area contributed by atoms with E-state index in [0.29, 0.717) is 6.10 Å². The third kappa shape index (κ3) is 9.61. The summed E-state index contributed by atoms with van der Waals surface area (Å²) in [4.78, 5) is 0. The number of ether oxygens (including phenoxy) is 2. The van der Waals surface area contributed by atoms with E-state index < -0.39 is 0 Å². The van der Waals surface area contributed by atoms with Gasteiger partial charge in [0.1, 0.15) is 0 Å². The van der Waals surface area contributed by atoms with Crippen LogP contribution in [0.1, 0.15) is 65.2 Å². The van der Waals surface area contributed by atoms with Crippen molar-refractivity contribution in [3.05, 3.63) is 6.92 Å². The Morgan fingerprint density at radius 3 is 2.24 bits per heavy atom. The number of unbranched alkanes of at least 4 members (excludes halogenated alkanes) is 4. The predicted octanol–water partition coefficient (Wildman–Crippen LogP) is 4.38. The maximum atomic E-state index is 5.77. The summed E-state index contributed by atoms with van der Waals surface area (Å²) in [6, 6.07) is 0. The molecule has 0 saturated carbocycles. The molecule has 0 heterocycles. The first-order chi connectivity index (χ1) is 8.28. The summed E-state index contributed by atoms with van der Waals surface area (Å²) in [7, 11) is 1.76. The summed E-state index contributed by atoms with van der Waals surface area (Å²) < 4.78 is 11.2. The van der Waals surface area contributed by atoms with Crippen LogP contribution in [-0.4, -0.2) is 25.9 Å². The largest absolute Gasteiger partial charge is 0.381 e. The zero-order valence-electron chi connectivity index (χ0n) is 12.0. The molecule has 0 rings (SSSR count). The summed E-state index contributed by atoms with van der Waals surface area (Å²) in [6.45, 7) is 9.03. The van der Waals surface area contributed by atoms with Gasteiger partial charge in [0.15, 0.2) is 0 Å². The Kier molecular flexibility index (Phi) is 12.3. The molecule has 0 amide bonds. The third-order valence-corrected chi connectivity index (χ3v) is 3.21. The summed E-state index contributed by atoms with van der Waals surface area (Å²) in [5, 5.41) is 0. The zero-order valence-corrected chi connectivity index (χ0v) is 12.0. The Bertz CT molecular complexity index is 144. The third-order valence-electron chi connectivity index (χ3n) is 3.21. The van der Waals surface area contributed by atoms with Crippen molar-refractivity contribution in [3.8, 4) is 0 Å². The molecule has 0 aromatic rings. The number of hydrogen-bond donors (Lipinski definition) is 0. The average molecular weight is 243 g/mol. The van der Waals surface area contributed by atoms with E-state index in [0.717, 1.165) is 25.9 Å². The fourth-order valence-corrected chi connectivity index (χ4v) is 2.11. The van der Waals surface area contributed by atoms with Gasteiger partial charge in [-0.05, 0) is 26.2 Å². The van der Waals surface area contributed by atoms with Gasteiger partial charge in [0.25, 0.3) is 0 Å². The SMILES string of the molecule is [CH2]CC(CC(CCCCCCC)OCC)OC. The van der Waals surface area contributed by atoms with Gasteiger partial charge in [-0.15, -0.1) is 0 Å². The van der Waals surface area contributed by atoms with Crippen LogP contribution >= 0.6 is 0 Å². The first kappa shape index (κ1) is 16.9. The van der Waals surface area contributed by atoms with Crippen LogP contribution in [-0.2, 0) is 9.47 Å². The van der Waals surface area contributed by atoms with Crippen molar-refractivity contribution < 1.29 is 9.47 Å². The molecule has 0 saturated heterocycles. The van der Waals surface area contributed by atoms with E-state index in [1.54, 1.807) is 7.11 Å². The van der Waals surface area contributed by atoms with Crippen LogP contribution in [0, 0.1) is 6.92 Å². The lowest BCUT2D eigenvalue weighted by molar-refractivity contribution is -0.0000510.